The Morgan fingerprint density at radius 3 is 3.04 bits per heavy atom. The van der Waals surface area contributed by atoms with Crippen LogP contribution in [0.1, 0.15) is 18.2 Å². The molecular formula is C17H15FN4O3. The van der Waals surface area contributed by atoms with E-state index >= 15 is 0 Å². The summed E-state index contributed by atoms with van der Waals surface area (Å²) in [4.78, 5) is 19.5. The van der Waals surface area contributed by atoms with Gasteiger partial charge < -0.3 is 15.2 Å². The third-order valence-corrected chi connectivity index (χ3v) is 4.31. The Morgan fingerprint density at radius 2 is 2.24 bits per heavy atom. The maximum atomic E-state index is 14.8. The molecule has 1 unspecified atom stereocenters. The molecule has 8 heteroatoms. The van der Waals surface area contributed by atoms with Crippen molar-refractivity contribution in [3.05, 3.63) is 47.8 Å². The van der Waals surface area contributed by atoms with Crippen LogP contribution in [-0.4, -0.2) is 31.8 Å². The summed E-state index contributed by atoms with van der Waals surface area (Å²) in [6.45, 7) is 2.65. The normalized spacial score (nSPS) is 16.6. The van der Waals surface area contributed by atoms with E-state index in [-0.39, 0.29) is 22.7 Å². The molecule has 1 aliphatic rings. The molecule has 25 heavy (non-hydrogen) atoms. The quantitative estimate of drug-likeness (QED) is 0.744. The van der Waals surface area contributed by atoms with E-state index in [0.29, 0.717) is 18.8 Å². The number of benzene rings is 1. The van der Waals surface area contributed by atoms with E-state index in [2.05, 4.69) is 15.3 Å². The molecule has 3 aromatic rings. The molecule has 0 aliphatic carbocycles. The van der Waals surface area contributed by atoms with Gasteiger partial charge in [-0.3, -0.25) is 4.57 Å². The molecule has 1 aliphatic heterocycles. The Labute approximate surface area is 142 Å². The van der Waals surface area contributed by atoms with Gasteiger partial charge in [0.25, 0.3) is 0 Å². The maximum absolute atomic E-state index is 14.8. The number of rotatable bonds is 2. The van der Waals surface area contributed by atoms with Gasteiger partial charge in [0.1, 0.15) is 6.33 Å². The third-order valence-electron chi connectivity index (χ3n) is 4.31. The van der Waals surface area contributed by atoms with Crippen LogP contribution in [0.4, 0.5) is 9.18 Å². The van der Waals surface area contributed by atoms with Gasteiger partial charge in [0.15, 0.2) is 11.6 Å². The van der Waals surface area contributed by atoms with Crippen LogP contribution in [0, 0.1) is 5.82 Å². The standard InChI is InChI=1S/C17H15FN4O3/c1-9-6-11-12(7-19-9)20-8-21-16(11)25-14-3-2-13-10(15(14)18)4-5-22(13)17(23)24/h2-5,8-9,19H,6-7H2,1H3,(H,23,24). The zero-order chi connectivity index (χ0) is 17.6. The molecule has 0 saturated heterocycles. The van der Waals surface area contributed by atoms with Gasteiger partial charge in [-0.1, -0.05) is 0 Å². The second kappa shape index (κ2) is 5.82. The van der Waals surface area contributed by atoms with E-state index in [1.807, 2.05) is 6.92 Å². The molecule has 0 bridgehead atoms. The Balaban J connectivity index is 1.75. The fourth-order valence-corrected chi connectivity index (χ4v) is 3.04. The first-order valence-electron chi connectivity index (χ1n) is 7.81. The molecule has 1 aromatic carbocycles. The van der Waals surface area contributed by atoms with Gasteiger partial charge in [0.05, 0.1) is 11.2 Å². The average molecular weight is 342 g/mol. The summed E-state index contributed by atoms with van der Waals surface area (Å²) in [5, 5.41) is 12.6. The Kier molecular flexibility index (Phi) is 3.61. The Bertz CT molecular complexity index is 985. The summed E-state index contributed by atoms with van der Waals surface area (Å²) < 4.78 is 21.4. The van der Waals surface area contributed by atoms with Crippen molar-refractivity contribution in [1.82, 2.24) is 19.9 Å². The van der Waals surface area contributed by atoms with Gasteiger partial charge in [-0.05, 0) is 31.5 Å². The number of nitrogens with one attached hydrogen (secondary N) is 1. The highest BCUT2D eigenvalue weighted by Crippen LogP contribution is 2.32. The molecule has 0 fully saturated rings. The summed E-state index contributed by atoms with van der Waals surface area (Å²) in [6, 6.07) is 4.58. The molecule has 3 heterocycles. The van der Waals surface area contributed by atoms with E-state index in [1.165, 1.54) is 30.7 Å². The molecule has 0 saturated carbocycles. The number of carbonyl (C=O) groups is 1. The van der Waals surface area contributed by atoms with Crippen molar-refractivity contribution in [2.45, 2.75) is 25.9 Å². The van der Waals surface area contributed by atoms with Crippen LogP contribution in [0.15, 0.2) is 30.7 Å². The SMILES string of the molecule is CC1Cc2c(ncnc2Oc2ccc3c(ccn3C(=O)O)c2F)CN1. The van der Waals surface area contributed by atoms with Crippen LogP contribution in [-0.2, 0) is 13.0 Å². The molecule has 1 atom stereocenters. The number of nitrogens with zero attached hydrogens (tertiary/aromatic N) is 3. The first-order chi connectivity index (χ1) is 12.0. The van der Waals surface area contributed by atoms with Crippen molar-refractivity contribution in [3.8, 4) is 11.6 Å². The highest BCUT2D eigenvalue weighted by Gasteiger charge is 2.22. The van der Waals surface area contributed by atoms with Gasteiger partial charge >= 0.3 is 6.09 Å². The van der Waals surface area contributed by atoms with E-state index in [4.69, 9.17) is 9.84 Å². The third kappa shape index (κ3) is 2.60. The van der Waals surface area contributed by atoms with Gasteiger partial charge in [-0.25, -0.2) is 19.2 Å². The maximum Gasteiger partial charge on any atom is 0.416 e. The molecule has 128 valence electrons. The highest BCUT2D eigenvalue weighted by molar-refractivity contribution is 5.90. The minimum absolute atomic E-state index is 0.00252. The summed E-state index contributed by atoms with van der Waals surface area (Å²) in [5.41, 5.74) is 1.96. The molecule has 2 aromatic heterocycles. The van der Waals surface area contributed by atoms with E-state index < -0.39 is 11.9 Å². The predicted octanol–water partition coefficient (Wildman–Crippen LogP) is 2.92. The second-order valence-electron chi connectivity index (χ2n) is 5.97. The number of ether oxygens (including phenoxy) is 1. The topological polar surface area (TPSA) is 89.3 Å². The summed E-state index contributed by atoms with van der Waals surface area (Å²) in [6.07, 6.45) is 2.21. The lowest BCUT2D eigenvalue weighted by atomic mass is 10.0. The predicted molar refractivity (Wildman–Crippen MR) is 87.4 cm³/mol. The van der Waals surface area contributed by atoms with Crippen LogP contribution in [0.25, 0.3) is 10.9 Å². The number of fused-ring (bicyclic) bond motifs is 2. The number of aromatic nitrogens is 3. The van der Waals surface area contributed by atoms with Gasteiger partial charge in [-0.2, -0.15) is 0 Å². The molecule has 0 amide bonds. The lowest BCUT2D eigenvalue weighted by Crippen LogP contribution is -2.33. The largest absolute Gasteiger partial charge is 0.464 e. The van der Waals surface area contributed by atoms with E-state index in [1.54, 1.807) is 0 Å². The van der Waals surface area contributed by atoms with Gasteiger partial charge in [0, 0.05) is 29.7 Å². The Hall–Kier alpha value is -3.00. The molecule has 4 rings (SSSR count). The summed E-state index contributed by atoms with van der Waals surface area (Å²) in [7, 11) is 0. The zero-order valence-corrected chi connectivity index (χ0v) is 13.4. The minimum Gasteiger partial charge on any atom is -0.464 e. The van der Waals surface area contributed by atoms with Crippen LogP contribution in [0.5, 0.6) is 11.6 Å². The van der Waals surface area contributed by atoms with Crippen LogP contribution in [0.3, 0.4) is 0 Å². The zero-order valence-electron chi connectivity index (χ0n) is 13.4. The van der Waals surface area contributed by atoms with E-state index in [0.717, 1.165) is 15.8 Å². The smallest absolute Gasteiger partial charge is 0.416 e. The summed E-state index contributed by atoms with van der Waals surface area (Å²) >= 11 is 0. The minimum atomic E-state index is -1.17. The van der Waals surface area contributed by atoms with Crippen molar-refractivity contribution in [1.29, 1.82) is 0 Å². The first kappa shape index (κ1) is 15.5. The number of hydrogen-bond acceptors (Lipinski definition) is 5. The lowest BCUT2D eigenvalue weighted by molar-refractivity contribution is 0.197. The van der Waals surface area contributed by atoms with Crippen LogP contribution in [0.2, 0.25) is 0 Å². The lowest BCUT2D eigenvalue weighted by Gasteiger charge is -2.23. The molecule has 0 spiro atoms. The van der Waals surface area contributed by atoms with Crippen molar-refractivity contribution in [2.24, 2.45) is 0 Å². The summed E-state index contributed by atoms with van der Waals surface area (Å²) in [5.74, 6) is -0.288. The van der Waals surface area contributed by atoms with Crippen molar-refractivity contribution >= 4 is 17.0 Å². The Morgan fingerprint density at radius 1 is 1.40 bits per heavy atom. The number of halogens is 1. The van der Waals surface area contributed by atoms with Gasteiger partial charge in [-0.15, -0.1) is 0 Å². The van der Waals surface area contributed by atoms with Crippen molar-refractivity contribution < 1.29 is 19.0 Å². The molecule has 7 nitrogen and oxygen atoms in total. The monoisotopic (exact) mass is 342 g/mol. The fourth-order valence-electron chi connectivity index (χ4n) is 3.04. The highest BCUT2D eigenvalue weighted by atomic mass is 19.1. The first-order valence-corrected chi connectivity index (χ1v) is 7.81. The van der Waals surface area contributed by atoms with Crippen LogP contribution < -0.4 is 10.1 Å². The van der Waals surface area contributed by atoms with Gasteiger partial charge in [0.2, 0.25) is 5.88 Å². The molecular weight excluding hydrogens is 327 g/mol. The molecule has 2 N–H and O–H groups in total. The second-order valence-corrected chi connectivity index (χ2v) is 5.97. The number of carboxylic acid groups (broad SMARTS) is 1. The molecule has 0 radical (unpaired) electrons. The van der Waals surface area contributed by atoms with Crippen molar-refractivity contribution in [3.63, 3.8) is 0 Å². The van der Waals surface area contributed by atoms with Crippen LogP contribution >= 0.6 is 0 Å². The number of hydrogen-bond donors (Lipinski definition) is 2. The average Bonchev–Trinajstić information content (AvgIpc) is 3.03. The van der Waals surface area contributed by atoms with Crippen molar-refractivity contribution in [2.75, 3.05) is 0 Å². The fraction of sp³-hybridized carbons (Fsp3) is 0.235. The van der Waals surface area contributed by atoms with E-state index in [9.17, 15) is 9.18 Å².